The Bertz CT molecular complexity index is 566. The van der Waals surface area contributed by atoms with E-state index in [1.807, 2.05) is 0 Å². The second-order valence-electron chi connectivity index (χ2n) is 6.61. The highest BCUT2D eigenvalue weighted by Gasteiger charge is 2.63. The monoisotopic (exact) mass is 307 g/mol. The summed E-state index contributed by atoms with van der Waals surface area (Å²) in [6.07, 6.45) is 2.18. The van der Waals surface area contributed by atoms with Crippen LogP contribution >= 0.6 is 8.29 Å². The number of nitrogens with zero attached hydrogens (tertiary/aromatic N) is 1. The van der Waals surface area contributed by atoms with E-state index in [0.29, 0.717) is 0 Å². The van der Waals surface area contributed by atoms with Gasteiger partial charge >= 0.3 is 0 Å². The molecule has 0 saturated heterocycles. The van der Waals surface area contributed by atoms with E-state index in [2.05, 4.69) is 59.7 Å². The van der Waals surface area contributed by atoms with E-state index in [-0.39, 0.29) is 0 Å². The lowest BCUT2D eigenvalue weighted by Crippen LogP contribution is -2.50. The molecule has 0 spiro atoms. The fourth-order valence-electron chi connectivity index (χ4n) is 5.00. The number of para-hydroxylation sites is 1. The molecular formula is C19H33NS. The Hall–Kier alpha value is -0.760. The van der Waals surface area contributed by atoms with Crippen LogP contribution in [-0.4, -0.2) is 28.1 Å². The predicted molar refractivity (Wildman–Crippen MR) is 101 cm³/mol. The molecule has 0 atom stereocenters. The number of aryl methyl sites for hydroxylation is 1. The molecule has 0 aromatic heterocycles. The van der Waals surface area contributed by atoms with Gasteiger partial charge in [-0.2, -0.15) is 0 Å². The molecule has 0 fully saturated rings. The van der Waals surface area contributed by atoms with Crippen LogP contribution < -0.4 is 0 Å². The molecule has 1 aromatic rings. The van der Waals surface area contributed by atoms with Crippen LogP contribution in [0.2, 0.25) is 0 Å². The smallest absolute Gasteiger partial charge is 0.0781 e. The second kappa shape index (κ2) is 4.87. The van der Waals surface area contributed by atoms with Crippen molar-refractivity contribution in [2.24, 2.45) is 4.99 Å². The summed E-state index contributed by atoms with van der Waals surface area (Å²) in [5.74, 6) is 5.04. The first-order valence-corrected chi connectivity index (χ1v) is 11.8. The summed E-state index contributed by atoms with van der Waals surface area (Å²) >= 11 is 0. The third-order valence-electron chi connectivity index (χ3n) is 7.12. The zero-order chi connectivity index (χ0) is 15.8. The Balaban J connectivity index is 3.03. The van der Waals surface area contributed by atoms with Crippen LogP contribution in [0.5, 0.6) is 0 Å². The van der Waals surface area contributed by atoms with Gasteiger partial charge in [-0.3, -0.25) is 0 Å². The van der Waals surface area contributed by atoms with Crippen molar-refractivity contribution in [3.63, 3.8) is 0 Å². The highest BCUT2D eigenvalue weighted by atomic mass is 32.4. The lowest BCUT2D eigenvalue weighted by Gasteiger charge is -2.77. The Morgan fingerprint density at radius 2 is 1.38 bits per heavy atom. The summed E-state index contributed by atoms with van der Waals surface area (Å²) in [5.41, 5.74) is 2.77. The quantitative estimate of drug-likeness (QED) is 0.609. The summed E-state index contributed by atoms with van der Waals surface area (Å²) in [6.45, 7) is 14.3. The molecule has 1 aliphatic heterocycles. The van der Waals surface area contributed by atoms with Crippen LogP contribution in [-0.2, 0) is 6.42 Å². The maximum atomic E-state index is 5.29. The van der Waals surface area contributed by atoms with Gasteiger partial charge in [0, 0.05) is 9.94 Å². The van der Waals surface area contributed by atoms with E-state index in [4.69, 9.17) is 4.99 Å². The zero-order valence-electron chi connectivity index (χ0n) is 14.8. The van der Waals surface area contributed by atoms with E-state index in [9.17, 15) is 0 Å². The summed E-state index contributed by atoms with van der Waals surface area (Å²) in [4.78, 5) is 6.92. The van der Waals surface area contributed by atoms with Crippen molar-refractivity contribution in [2.45, 2.75) is 59.3 Å². The van der Waals surface area contributed by atoms with Crippen molar-refractivity contribution in [2.75, 3.05) is 23.0 Å². The number of benzene rings is 1. The van der Waals surface area contributed by atoms with Crippen molar-refractivity contribution < 1.29 is 0 Å². The van der Waals surface area contributed by atoms with E-state index < -0.39 is 8.29 Å². The van der Waals surface area contributed by atoms with Gasteiger partial charge in [-0.15, -0.1) is 0 Å². The Kier molecular flexibility index (Phi) is 3.85. The molecule has 2 rings (SSSR count). The highest BCUT2D eigenvalue weighted by Crippen LogP contribution is 2.97. The first kappa shape index (κ1) is 16.6. The molecule has 0 N–H and O–H groups in total. The molecule has 0 radical (unpaired) electrons. The minimum Gasteiger partial charge on any atom is -0.248 e. The van der Waals surface area contributed by atoms with Gasteiger partial charge in [0.05, 0.1) is 5.69 Å². The lowest BCUT2D eigenvalue weighted by atomic mass is 10.1. The maximum Gasteiger partial charge on any atom is 0.0781 e. The average molecular weight is 308 g/mol. The first-order chi connectivity index (χ1) is 9.98. The molecule has 21 heavy (non-hydrogen) atoms. The molecule has 0 unspecified atom stereocenters. The summed E-state index contributed by atoms with van der Waals surface area (Å²) in [7, 11) is -2.43. The highest BCUT2D eigenvalue weighted by molar-refractivity contribution is 8.74. The fraction of sp³-hybridized carbons (Fsp3) is 0.632. The number of rotatable bonds is 6. The van der Waals surface area contributed by atoms with E-state index in [1.165, 1.54) is 34.3 Å². The van der Waals surface area contributed by atoms with Crippen molar-refractivity contribution in [1.82, 2.24) is 0 Å². The molecule has 2 heteroatoms. The van der Waals surface area contributed by atoms with E-state index in [1.54, 1.807) is 9.94 Å². The van der Waals surface area contributed by atoms with Gasteiger partial charge in [-0.05, 0) is 47.5 Å². The Morgan fingerprint density at radius 3 is 1.81 bits per heavy atom. The molecule has 1 heterocycles. The maximum absolute atomic E-state index is 5.29. The second-order valence-corrected chi connectivity index (χ2v) is 14.8. The van der Waals surface area contributed by atoms with Crippen LogP contribution in [0.25, 0.3) is 0 Å². The van der Waals surface area contributed by atoms with Crippen LogP contribution in [0.4, 0.5) is 5.69 Å². The Morgan fingerprint density at radius 1 is 0.810 bits per heavy atom. The molecular weight excluding hydrogens is 274 g/mol. The standard InChI is InChI=1S/C19H33NS/c1-7-16-14-13-15-17-19(16)20-18(8-2)21(17,9-3,10-4,11-5)12-6/h13-15H,7-12H2,1-6H3. The van der Waals surface area contributed by atoms with E-state index in [0.717, 1.165) is 12.8 Å². The molecule has 0 amide bonds. The third-order valence-corrected chi connectivity index (χ3v) is 18.1. The molecule has 0 bridgehead atoms. The summed E-state index contributed by atoms with van der Waals surface area (Å²) < 4.78 is 0. The Labute approximate surface area is 130 Å². The topological polar surface area (TPSA) is 12.4 Å². The van der Waals surface area contributed by atoms with Gasteiger partial charge in [-0.1, -0.05) is 53.7 Å². The number of hydrogen-bond acceptors (Lipinski definition) is 1. The van der Waals surface area contributed by atoms with E-state index >= 15 is 0 Å². The number of fused-ring (bicyclic) bond motifs is 1. The van der Waals surface area contributed by atoms with Crippen molar-refractivity contribution >= 4 is 19.0 Å². The van der Waals surface area contributed by atoms with Gasteiger partial charge in [0.2, 0.25) is 0 Å². The van der Waals surface area contributed by atoms with Crippen molar-refractivity contribution in [1.29, 1.82) is 0 Å². The lowest BCUT2D eigenvalue weighted by molar-refractivity contribution is 1.10. The van der Waals surface area contributed by atoms with Gasteiger partial charge in [0.1, 0.15) is 0 Å². The predicted octanol–water partition coefficient (Wildman–Crippen LogP) is 6.02. The minimum absolute atomic E-state index is 1.08. The molecule has 0 aliphatic carbocycles. The number of hydrogen-bond donors (Lipinski definition) is 0. The molecule has 1 aromatic carbocycles. The van der Waals surface area contributed by atoms with Crippen molar-refractivity contribution in [3.05, 3.63) is 23.8 Å². The number of aliphatic imine (C=N–C) groups is 1. The van der Waals surface area contributed by atoms with Gasteiger partial charge in [0.15, 0.2) is 0 Å². The fourth-order valence-corrected chi connectivity index (χ4v) is 13.0. The minimum atomic E-state index is -2.43. The largest absolute Gasteiger partial charge is 0.248 e. The average Bonchev–Trinajstić information content (AvgIpc) is 2.84. The molecule has 1 aliphatic rings. The third kappa shape index (κ3) is 1.52. The van der Waals surface area contributed by atoms with Gasteiger partial charge in [0.25, 0.3) is 0 Å². The van der Waals surface area contributed by atoms with Crippen LogP contribution in [0.3, 0.4) is 0 Å². The zero-order valence-corrected chi connectivity index (χ0v) is 15.6. The first-order valence-electron chi connectivity index (χ1n) is 8.70. The van der Waals surface area contributed by atoms with Crippen LogP contribution in [0.1, 0.15) is 53.5 Å². The van der Waals surface area contributed by atoms with Gasteiger partial charge < -0.3 is 0 Å². The van der Waals surface area contributed by atoms with Crippen LogP contribution in [0, 0.1) is 0 Å². The summed E-state index contributed by atoms with van der Waals surface area (Å²) in [6, 6.07) is 6.97. The SMILES string of the molecule is CCC1=Nc2c(CC)cccc2S1(CC)(CC)(CC)CC. The van der Waals surface area contributed by atoms with Gasteiger partial charge in [-0.25, -0.2) is 13.3 Å². The molecule has 0 saturated carbocycles. The van der Waals surface area contributed by atoms with Crippen LogP contribution in [0.15, 0.2) is 28.1 Å². The molecule has 1 nitrogen and oxygen atoms in total. The van der Waals surface area contributed by atoms with Crippen molar-refractivity contribution in [3.8, 4) is 0 Å². The summed E-state index contributed by atoms with van der Waals surface area (Å²) in [5, 5.41) is 1.54. The molecule has 120 valence electrons. The normalized spacial score (nSPS) is 24.2.